The van der Waals surface area contributed by atoms with Gasteiger partial charge in [0.1, 0.15) is 11.9 Å². The monoisotopic (exact) mass is 482 g/mol. The van der Waals surface area contributed by atoms with Gasteiger partial charge in [0.2, 0.25) is 11.8 Å². The second-order valence-electron chi connectivity index (χ2n) is 7.27. The molecule has 6 heteroatoms. The Hall–Kier alpha value is -2.99. The molecule has 0 unspecified atom stereocenters. The Labute approximate surface area is 190 Å². The fourth-order valence-electron chi connectivity index (χ4n) is 3.43. The summed E-state index contributed by atoms with van der Waals surface area (Å²) in [5.41, 5.74) is 2.56. The highest BCUT2D eigenvalue weighted by Crippen LogP contribution is 2.19. The van der Waals surface area contributed by atoms with Crippen molar-refractivity contribution in [2.75, 3.05) is 7.05 Å². The van der Waals surface area contributed by atoms with Crippen LogP contribution in [0.25, 0.3) is 0 Å². The van der Waals surface area contributed by atoms with E-state index in [1.54, 1.807) is 24.1 Å². The van der Waals surface area contributed by atoms with Gasteiger partial charge in [0, 0.05) is 24.5 Å². The van der Waals surface area contributed by atoms with Crippen LogP contribution in [0.3, 0.4) is 0 Å². The molecule has 2 amide bonds. The van der Waals surface area contributed by atoms with Gasteiger partial charge >= 0.3 is 0 Å². The Balaban J connectivity index is 1.93. The van der Waals surface area contributed by atoms with Crippen LogP contribution in [0.15, 0.2) is 83.3 Å². The van der Waals surface area contributed by atoms with Crippen molar-refractivity contribution in [2.24, 2.45) is 0 Å². The maximum Gasteiger partial charge on any atom is 0.242 e. The lowest BCUT2D eigenvalue weighted by Gasteiger charge is -2.31. The van der Waals surface area contributed by atoms with Crippen LogP contribution in [0, 0.1) is 5.82 Å². The highest BCUT2D eigenvalue weighted by molar-refractivity contribution is 9.10. The van der Waals surface area contributed by atoms with Crippen LogP contribution in [-0.4, -0.2) is 29.8 Å². The summed E-state index contributed by atoms with van der Waals surface area (Å²) in [6.45, 7) is 0.282. The van der Waals surface area contributed by atoms with E-state index < -0.39 is 6.04 Å². The maximum atomic E-state index is 13.4. The van der Waals surface area contributed by atoms with E-state index in [4.69, 9.17) is 0 Å². The molecule has 0 aliphatic heterocycles. The molecule has 4 nitrogen and oxygen atoms in total. The molecule has 0 radical (unpaired) electrons. The van der Waals surface area contributed by atoms with Crippen molar-refractivity contribution in [2.45, 2.75) is 25.4 Å². The molecule has 0 aliphatic carbocycles. The molecular formula is C25H24BrFN2O2. The van der Waals surface area contributed by atoms with Crippen LogP contribution in [0.4, 0.5) is 4.39 Å². The zero-order chi connectivity index (χ0) is 22.2. The van der Waals surface area contributed by atoms with Gasteiger partial charge in [0.15, 0.2) is 0 Å². The third-order valence-corrected chi connectivity index (χ3v) is 5.52. The van der Waals surface area contributed by atoms with Crippen molar-refractivity contribution >= 4 is 27.7 Å². The fourth-order valence-corrected chi connectivity index (χ4v) is 3.88. The molecule has 3 rings (SSSR count). The van der Waals surface area contributed by atoms with Crippen molar-refractivity contribution in [1.82, 2.24) is 10.2 Å². The van der Waals surface area contributed by atoms with Gasteiger partial charge in [-0.15, -0.1) is 0 Å². The Morgan fingerprint density at radius 2 is 1.61 bits per heavy atom. The second kappa shape index (κ2) is 10.9. The van der Waals surface area contributed by atoms with Gasteiger partial charge in [0.05, 0.1) is 6.42 Å². The van der Waals surface area contributed by atoms with Gasteiger partial charge in [-0.05, 0) is 41.0 Å². The average molecular weight is 483 g/mol. The Morgan fingerprint density at radius 3 is 2.26 bits per heavy atom. The molecule has 1 atom stereocenters. The summed E-state index contributed by atoms with van der Waals surface area (Å²) in [6.07, 6.45) is 0.472. The number of hydrogen-bond donors (Lipinski definition) is 1. The molecule has 3 aromatic carbocycles. The number of carbonyl (C=O) groups is 2. The van der Waals surface area contributed by atoms with Crippen molar-refractivity contribution in [3.8, 4) is 0 Å². The lowest BCUT2D eigenvalue weighted by atomic mass is 10.0. The summed E-state index contributed by atoms with van der Waals surface area (Å²) >= 11 is 3.46. The Morgan fingerprint density at radius 1 is 0.935 bits per heavy atom. The van der Waals surface area contributed by atoms with Crippen LogP contribution >= 0.6 is 15.9 Å². The van der Waals surface area contributed by atoms with E-state index in [1.165, 1.54) is 12.1 Å². The molecule has 1 N–H and O–H groups in total. The number of carbonyl (C=O) groups excluding carboxylic acids is 2. The first-order valence-electron chi connectivity index (χ1n) is 10.00. The minimum absolute atomic E-state index is 0.0799. The lowest BCUT2D eigenvalue weighted by molar-refractivity contribution is -0.140. The molecule has 0 aromatic heterocycles. The topological polar surface area (TPSA) is 49.4 Å². The summed E-state index contributed by atoms with van der Waals surface area (Å²) in [6, 6.07) is 22.5. The highest BCUT2D eigenvalue weighted by atomic mass is 79.9. The summed E-state index contributed by atoms with van der Waals surface area (Å²) in [4.78, 5) is 27.8. The maximum absolute atomic E-state index is 13.4. The standard InChI is InChI=1S/C25H24BrFN2O2/c1-28-25(31)23(15-18-6-3-2-4-7-18)29(17-20-8-5-9-21(26)14-20)24(30)16-19-10-12-22(27)13-11-19/h2-14,23H,15-17H2,1H3,(H,28,31)/t23-/m0/s1. The average Bonchev–Trinajstić information content (AvgIpc) is 2.78. The number of nitrogens with zero attached hydrogens (tertiary/aromatic N) is 1. The van der Waals surface area contributed by atoms with E-state index in [1.807, 2.05) is 54.6 Å². The van der Waals surface area contributed by atoms with E-state index >= 15 is 0 Å². The van der Waals surface area contributed by atoms with Crippen molar-refractivity contribution in [3.63, 3.8) is 0 Å². The number of amides is 2. The first-order chi connectivity index (χ1) is 15.0. The molecule has 0 saturated heterocycles. The molecule has 160 valence electrons. The smallest absolute Gasteiger partial charge is 0.242 e. The number of nitrogens with one attached hydrogen (secondary N) is 1. The minimum atomic E-state index is -0.681. The number of rotatable bonds is 8. The third-order valence-electron chi connectivity index (χ3n) is 5.03. The number of halogens is 2. The summed E-state index contributed by atoms with van der Waals surface area (Å²) in [5.74, 6) is -0.781. The van der Waals surface area contributed by atoms with E-state index in [9.17, 15) is 14.0 Å². The minimum Gasteiger partial charge on any atom is -0.357 e. The molecule has 0 saturated carbocycles. The van der Waals surface area contributed by atoms with Gasteiger partial charge in [-0.3, -0.25) is 9.59 Å². The predicted octanol–water partition coefficient (Wildman–Crippen LogP) is 4.52. The SMILES string of the molecule is CNC(=O)[C@H](Cc1ccccc1)N(Cc1cccc(Br)c1)C(=O)Cc1ccc(F)cc1. The Bertz CT molecular complexity index is 1030. The Kier molecular flexibility index (Phi) is 7.95. The molecule has 3 aromatic rings. The van der Waals surface area contributed by atoms with Gasteiger partial charge in [-0.1, -0.05) is 70.5 Å². The van der Waals surface area contributed by atoms with E-state index in [2.05, 4.69) is 21.2 Å². The number of benzene rings is 3. The van der Waals surface area contributed by atoms with Crippen LogP contribution < -0.4 is 5.32 Å². The van der Waals surface area contributed by atoms with Gasteiger partial charge in [0.25, 0.3) is 0 Å². The lowest BCUT2D eigenvalue weighted by Crippen LogP contribution is -2.50. The molecule has 0 heterocycles. The predicted molar refractivity (Wildman–Crippen MR) is 123 cm³/mol. The van der Waals surface area contributed by atoms with Crippen LogP contribution in [0.1, 0.15) is 16.7 Å². The first kappa shape index (κ1) is 22.7. The third kappa shape index (κ3) is 6.49. The molecular weight excluding hydrogens is 459 g/mol. The van der Waals surface area contributed by atoms with E-state index in [-0.39, 0.29) is 30.6 Å². The van der Waals surface area contributed by atoms with Crippen molar-refractivity contribution in [1.29, 1.82) is 0 Å². The second-order valence-corrected chi connectivity index (χ2v) is 8.19. The van der Waals surface area contributed by atoms with Gasteiger partial charge in [-0.2, -0.15) is 0 Å². The molecule has 31 heavy (non-hydrogen) atoms. The molecule has 0 fully saturated rings. The highest BCUT2D eigenvalue weighted by Gasteiger charge is 2.29. The quantitative estimate of drug-likeness (QED) is 0.513. The summed E-state index contributed by atoms with van der Waals surface area (Å²) in [7, 11) is 1.57. The van der Waals surface area contributed by atoms with E-state index in [0.29, 0.717) is 12.0 Å². The summed E-state index contributed by atoms with van der Waals surface area (Å²) in [5, 5.41) is 2.70. The molecule has 0 aliphatic rings. The zero-order valence-corrected chi connectivity index (χ0v) is 18.8. The van der Waals surface area contributed by atoms with Gasteiger partial charge < -0.3 is 10.2 Å². The van der Waals surface area contributed by atoms with Crippen molar-refractivity contribution < 1.29 is 14.0 Å². The van der Waals surface area contributed by atoms with Crippen LogP contribution in [0.2, 0.25) is 0 Å². The molecule has 0 bridgehead atoms. The normalized spacial score (nSPS) is 11.6. The fraction of sp³-hybridized carbons (Fsp3) is 0.200. The first-order valence-corrected chi connectivity index (χ1v) is 10.8. The molecule has 0 spiro atoms. The van der Waals surface area contributed by atoms with Crippen LogP contribution in [0.5, 0.6) is 0 Å². The zero-order valence-electron chi connectivity index (χ0n) is 17.2. The van der Waals surface area contributed by atoms with Gasteiger partial charge in [-0.25, -0.2) is 4.39 Å². The summed E-state index contributed by atoms with van der Waals surface area (Å²) < 4.78 is 14.2. The number of likely N-dealkylation sites (N-methyl/N-ethyl adjacent to an activating group) is 1. The number of hydrogen-bond acceptors (Lipinski definition) is 2. The van der Waals surface area contributed by atoms with Crippen molar-refractivity contribution in [3.05, 3.63) is 106 Å². The largest absolute Gasteiger partial charge is 0.357 e. The van der Waals surface area contributed by atoms with E-state index in [0.717, 1.165) is 15.6 Å². The van der Waals surface area contributed by atoms with Crippen LogP contribution in [-0.2, 0) is 29.0 Å².